The summed E-state index contributed by atoms with van der Waals surface area (Å²) in [6.07, 6.45) is 1.57. The fourth-order valence-corrected chi connectivity index (χ4v) is 3.19. The lowest BCUT2D eigenvalue weighted by Crippen LogP contribution is -2.27. The van der Waals surface area contributed by atoms with Gasteiger partial charge in [-0.05, 0) is 18.6 Å². The van der Waals surface area contributed by atoms with Crippen molar-refractivity contribution >= 4 is 17.1 Å². The minimum atomic E-state index is -1.02. The van der Waals surface area contributed by atoms with E-state index in [9.17, 15) is 23.4 Å². The summed E-state index contributed by atoms with van der Waals surface area (Å²) in [6.45, 7) is 9.25. The Morgan fingerprint density at radius 3 is 2.48 bits per heavy atom. The van der Waals surface area contributed by atoms with Crippen LogP contribution in [0.15, 0.2) is 48.9 Å². The van der Waals surface area contributed by atoms with Crippen molar-refractivity contribution in [2.75, 3.05) is 30.0 Å². The molecule has 2 aromatic rings. The fraction of sp³-hybridized carbons (Fsp3) is 0.227. The van der Waals surface area contributed by atoms with E-state index < -0.39 is 17.5 Å². The molecule has 0 saturated heterocycles. The second-order valence-corrected chi connectivity index (χ2v) is 6.73. The number of anilines is 2. The summed E-state index contributed by atoms with van der Waals surface area (Å²) in [5.74, 6) is -2.66. The van der Waals surface area contributed by atoms with Crippen LogP contribution in [0, 0.1) is 17.5 Å². The molecule has 6 nitrogen and oxygen atoms in total. The zero-order valence-electron chi connectivity index (χ0n) is 16.9. The molecule has 2 heterocycles. The van der Waals surface area contributed by atoms with Crippen LogP contribution in [0.25, 0.3) is 5.57 Å². The van der Waals surface area contributed by atoms with Crippen LogP contribution in [0.5, 0.6) is 5.88 Å². The van der Waals surface area contributed by atoms with E-state index >= 15 is 0 Å². The Labute approximate surface area is 177 Å². The summed E-state index contributed by atoms with van der Waals surface area (Å²) in [6, 6.07) is 2.83. The second kappa shape index (κ2) is 9.13. The van der Waals surface area contributed by atoms with Crippen LogP contribution in [-0.4, -0.2) is 35.0 Å². The van der Waals surface area contributed by atoms with Crippen molar-refractivity contribution in [1.82, 2.24) is 4.98 Å². The Morgan fingerprint density at radius 2 is 1.90 bits per heavy atom. The molecular weight excluding hydrogens is 411 g/mol. The quantitative estimate of drug-likeness (QED) is 0.539. The molecule has 0 spiro atoms. The molecule has 3 N–H and O–H groups in total. The third-order valence-corrected chi connectivity index (χ3v) is 4.67. The number of fused-ring (bicyclic) bond motifs is 1. The number of pyridine rings is 1. The number of aliphatic hydroxyl groups is 2. The average Bonchev–Trinajstić information content (AvgIpc) is 2.69. The van der Waals surface area contributed by atoms with Gasteiger partial charge in [0.25, 0.3) is 0 Å². The number of nitrogens with zero attached hydrogens (tertiary/aromatic N) is 2. The van der Waals surface area contributed by atoms with Crippen molar-refractivity contribution in [1.29, 1.82) is 0 Å². The van der Waals surface area contributed by atoms with Crippen LogP contribution in [0.2, 0.25) is 0 Å². The SMILES string of the molecule is C=C(O)C1=CN(CCO)c2nc(OCC)c(NCc3c(F)cc(F)cc3F)cc2C1=C. The number of halogens is 3. The van der Waals surface area contributed by atoms with Gasteiger partial charge in [-0.3, -0.25) is 0 Å². The molecule has 0 bridgehead atoms. The Kier molecular flexibility index (Phi) is 6.55. The summed E-state index contributed by atoms with van der Waals surface area (Å²) >= 11 is 0. The summed E-state index contributed by atoms with van der Waals surface area (Å²) in [4.78, 5) is 6.10. The van der Waals surface area contributed by atoms with Gasteiger partial charge in [0.2, 0.25) is 5.88 Å². The van der Waals surface area contributed by atoms with Crippen molar-refractivity contribution in [2.24, 2.45) is 0 Å². The Bertz CT molecular complexity index is 1050. The standard InChI is InChI=1S/C22H22F3N3O3/c1-4-31-22-20(26-10-16-18(24)7-14(23)8-19(16)25)9-15-12(2)17(13(3)30)11-28(5-6-29)21(15)27-22/h7-9,11,26,29-30H,2-6,10H2,1H3. The van der Waals surface area contributed by atoms with Crippen molar-refractivity contribution in [3.05, 3.63) is 77.5 Å². The van der Waals surface area contributed by atoms with Crippen molar-refractivity contribution < 1.29 is 28.1 Å². The number of nitrogens with one attached hydrogen (secondary N) is 1. The lowest BCUT2D eigenvalue weighted by Gasteiger charge is -2.30. The minimum absolute atomic E-state index is 0.166. The summed E-state index contributed by atoms with van der Waals surface area (Å²) in [7, 11) is 0. The predicted octanol–water partition coefficient (Wildman–Crippen LogP) is 4.29. The number of hydrogen-bond acceptors (Lipinski definition) is 6. The van der Waals surface area contributed by atoms with Gasteiger partial charge in [0.05, 0.1) is 18.9 Å². The van der Waals surface area contributed by atoms with Crippen molar-refractivity contribution in [2.45, 2.75) is 13.5 Å². The van der Waals surface area contributed by atoms with E-state index in [1.807, 2.05) is 0 Å². The first-order chi connectivity index (χ1) is 14.8. The van der Waals surface area contributed by atoms with Gasteiger partial charge >= 0.3 is 0 Å². The monoisotopic (exact) mass is 433 g/mol. The maximum atomic E-state index is 14.0. The van der Waals surface area contributed by atoms with Gasteiger partial charge in [0.1, 0.15) is 29.0 Å². The van der Waals surface area contributed by atoms with Crippen LogP contribution in [0.1, 0.15) is 18.1 Å². The molecule has 0 fully saturated rings. The molecule has 0 atom stereocenters. The van der Waals surface area contributed by atoms with E-state index in [0.29, 0.717) is 40.3 Å². The second-order valence-electron chi connectivity index (χ2n) is 6.73. The van der Waals surface area contributed by atoms with E-state index in [0.717, 1.165) is 0 Å². The van der Waals surface area contributed by atoms with E-state index in [1.165, 1.54) is 0 Å². The third-order valence-electron chi connectivity index (χ3n) is 4.67. The zero-order valence-corrected chi connectivity index (χ0v) is 16.9. The van der Waals surface area contributed by atoms with Gasteiger partial charge < -0.3 is 25.2 Å². The molecule has 0 amide bonds. The topological polar surface area (TPSA) is 77.9 Å². The highest BCUT2D eigenvalue weighted by atomic mass is 19.1. The number of allylic oxidation sites excluding steroid dienone is 1. The highest BCUT2D eigenvalue weighted by Crippen LogP contribution is 2.41. The Hall–Kier alpha value is -3.46. The maximum absolute atomic E-state index is 14.0. The number of β-amino-alcohol motifs (C(OH)–C–C–N with tert-alkyl or cyclic N) is 1. The first-order valence-corrected chi connectivity index (χ1v) is 9.49. The molecule has 0 saturated carbocycles. The molecule has 1 aliphatic heterocycles. The molecule has 1 aromatic carbocycles. The van der Waals surface area contributed by atoms with E-state index in [2.05, 4.69) is 23.5 Å². The molecule has 31 heavy (non-hydrogen) atoms. The fourth-order valence-electron chi connectivity index (χ4n) is 3.19. The van der Waals surface area contributed by atoms with Gasteiger partial charge in [-0.15, -0.1) is 0 Å². The third kappa shape index (κ3) is 4.51. The molecule has 0 radical (unpaired) electrons. The zero-order chi connectivity index (χ0) is 22.7. The highest BCUT2D eigenvalue weighted by Gasteiger charge is 2.26. The van der Waals surface area contributed by atoms with Gasteiger partial charge in [0, 0.05) is 48.1 Å². The lowest BCUT2D eigenvalue weighted by molar-refractivity contribution is 0.304. The molecule has 1 aromatic heterocycles. The van der Waals surface area contributed by atoms with Crippen molar-refractivity contribution in [3.63, 3.8) is 0 Å². The molecule has 9 heteroatoms. The largest absolute Gasteiger partial charge is 0.508 e. The van der Waals surface area contributed by atoms with Crippen LogP contribution < -0.4 is 15.0 Å². The van der Waals surface area contributed by atoms with Gasteiger partial charge in [-0.25, -0.2) is 13.2 Å². The molecular formula is C22H22F3N3O3. The number of rotatable bonds is 8. The minimum Gasteiger partial charge on any atom is -0.508 e. The first-order valence-electron chi connectivity index (χ1n) is 9.49. The molecule has 0 aliphatic carbocycles. The van der Waals surface area contributed by atoms with E-state index in [4.69, 9.17) is 4.74 Å². The number of hydrogen-bond donors (Lipinski definition) is 3. The first kappa shape index (κ1) is 22.2. The van der Waals surface area contributed by atoms with Gasteiger partial charge in [-0.2, -0.15) is 4.98 Å². The Morgan fingerprint density at radius 1 is 1.23 bits per heavy atom. The number of ether oxygens (including phenoxy) is 1. The van der Waals surface area contributed by atoms with E-state index in [-0.39, 0.29) is 43.5 Å². The number of aliphatic hydroxyl groups excluding tert-OH is 2. The molecule has 3 rings (SSSR count). The maximum Gasteiger partial charge on any atom is 0.239 e. The molecule has 0 unspecified atom stereocenters. The highest BCUT2D eigenvalue weighted by molar-refractivity contribution is 5.91. The van der Waals surface area contributed by atoms with Gasteiger partial charge in [0.15, 0.2) is 0 Å². The summed E-state index contributed by atoms with van der Waals surface area (Å²) < 4.78 is 46.8. The van der Waals surface area contributed by atoms with Crippen LogP contribution in [-0.2, 0) is 6.54 Å². The number of aromatic nitrogens is 1. The van der Waals surface area contributed by atoms with Crippen LogP contribution in [0.3, 0.4) is 0 Å². The van der Waals surface area contributed by atoms with Crippen LogP contribution >= 0.6 is 0 Å². The predicted molar refractivity (Wildman–Crippen MR) is 112 cm³/mol. The lowest BCUT2D eigenvalue weighted by atomic mass is 9.95. The molecule has 164 valence electrons. The van der Waals surface area contributed by atoms with E-state index in [1.54, 1.807) is 24.1 Å². The average molecular weight is 433 g/mol. The summed E-state index contributed by atoms with van der Waals surface area (Å²) in [5.41, 5.74) is 1.26. The Balaban J connectivity index is 2.03. The molecule has 1 aliphatic rings. The smallest absolute Gasteiger partial charge is 0.239 e. The van der Waals surface area contributed by atoms with Gasteiger partial charge in [-0.1, -0.05) is 13.2 Å². The van der Waals surface area contributed by atoms with Crippen molar-refractivity contribution in [3.8, 4) is 5.88 Å². The summed E-state index contributed by atoms with van der Waals surface area (Å²) in [5, 5.41) is 22.2. The number of benzene rings is 1. The normalized spacial score (nSPS) is 13.0. The van der Waals surface area contributed by atoms with Crippen LogP contribution in [0.4, 0.5) is 24.7 Å².